The predicted molar refractivity (Wildman–Crippen MR) is 120 cm³/mol. The number of hydrogen-bond acceptors (Lipinski definition) is 8. The lowest BCUT2D eigenvalue weighted by Gasteiger charge is -2.13. The molecule has 10 heteroatoms. The van der Waals surface area contributed by atoms with Crippen LogP contribution in [0.25, 0.3) is 10.2 Å². The number of amides is 1. The first-order valence-corrected chi connectivity index (χ1v) is 10.3. The number of ether oxygens (including phenoxy) is 2. The van der Waals surface area contributed by atoms with Crippen molar-refractivity contribution in [1.29, 1.82) is 0 Å². The fraction of sp³-hybridized carbons (Fsp3) is 0.333. The van der Waals surface area contributed by atoms with Crippen LogP contribution in [0.5, 0.6) is 0 Å². The molecule has 0 radical (unpaired) electrons. The van der Waals surface area contributed by atoms with E-state index in [9.17, 15) is 14.4 Å². The zero-order valence-electron chi connectivity index (χ0n) is 17.8. The normalized spacial score (nSPS) is 10.8. The number of aryl methyl sites for hydroxylation is 1. The lowest BCUT2D eigenvalue weighted by Crippen LogP contribution is -2.28. The van der Waals surface area contributed by atoms with Gasteiger partial charge in [-0.25, -0.2) is 9.78 Å². The van der Waals surface area contributed by atoms with Crippen molar-refractivity contribution in [3.8, 4) is 0 Å². The van der Waals surface area contributed by atoms with Gasteiger partial charge in [0.25, 0.3) is 5.56 Å². The minimum atomic E-state index is -0.526. The molecule has 0 aliphatic rings. The number of hydrogen-bond donors (Lipinski definition) is 1. The number of methoxy groups -OCH3 is 1. The molecule has 0 saturated heterocycles. The summed E-state index contributed by atoms with van der Waals surface area (Å²) in [4.78, 5) is 44.6. The smallest absolute Gasteiger partial charge is 0.348 e. The summed E-state index contributed by atoms with van der Waals surface area (Å²) >= 11 is 1.09. The Morgan fingerprint density at radius 1 is 1.19 bits per heavy atom. The molecule has 0 unspecified atom stereocenters. The number of nitrogens with zero attached hydrogens (tertiary/aromatic N) is 3. The number of esters is 1. The van der Waals surface area contributed by atoms with E-state index < -0.39 is 5.97 Å². The van der Waals surface area contributed by atoms with Crippen molar-refractivity contribution in [2.75, 3.05) is 44.6 Å². The molecule has 164 valence electrons. The van der Waals surface area contributed by atoms with Crippen molar-refractivity contribution in [1.82, 2.24) is 9.55 Å². The van der Waals surface area contributed by atoms with E-state index in [0.29, 0.717) is 26.3 Å². The number of carbonyl (C=O) groups is 2. The largest absolute Gasteiger partial charge is 0.459 e. The van der Waals surface area contributed by atoms with Crippen LogP contribution in [0.3, 0.4) is 0 Å². The van der Waals surface area contributed by atoms with Gasteiger partial charge in [-0.2, -0.15) is 0 Å². The van der Waals surface area contributed by atoms with Gasteiger partial charge >= 0.3 is 5.97 Å². The number of thiophene rings is 1. The fourth-order valence-corrected chi connectivity index (χ4v) is 3.98. The number of benzene rings is 1. The van der Waals surface area contributed by atoms with Crippen molar-refractivity contribution >= 4 is 44.8 Å². The molecule has 0 aliphatic carbocycles. The maximum absolute atomic E-state index is 12.9. The van der Waals surface area contributed by atoms with E-state index in [1.54, 1.807) is 19.1 Å². The molecule has 1 amide bonds. The van der Waals surface area contributed by atoms with Crippen LogP contribution >= 0.6 is 11.3 Å². The standard InChI is InChI=1S/C21H24N4O5S/c1-13-17-19(31-18(13)21(28)30-10-9-29-4)22-12-25(20(17)27)11-16(26)23-14-5-7-15(8-6-14)24(2)3/h5-8,12H,9-11H2,1-4H3,(H,23,26). The van der Waals surface area contributed by atoms with E-state index in [2.05, 4.69) is 10.3 Å². The fourth-order valence-electron chi connectivity index (χ4n) is 2.95. The molecule has 1 aromatic carbocycles. The lowest BCUT2D eigenvalue weighted by atomic mass is 10.2. The van der Waals surface area contributed by atoms with E-state index >= 15 is 0 Å². The van der Waals surface area contributed by atoms with Gasteiger partial charge in [-0.1, -0.05) is 0 Å². The molecule has 0 saturated carbocycles. The van der Waals surface area contributed by atoms with Gasteiger partial charge in [0.15, 0.2) is 0 Å². The summed E-state index contributed by atoms with van der Waals surface area (Å²) in [6, 6.07) is 7.36. The van der Waals surface area contributed by atoms with Gasteiger partial charge in [-0.15, -0.1) is 11.3 Å². The maximum atomic E-state index is 12.9. The summed E-state index contributed by atoms with van der Waals surface area (Å²) in [6.45, 7) is 1.88. The van der Waals surface area contributed by atoms with Gasteiger partial charge in [0.2, 0.25) is 5.91 Å². The molecule has 3 rings (SSSR count). The summed E-state index contributed by atoms with van der Waals surface area (Å²) in [5.41, 5.74) is 1.75. The Labute approximate surface area is 183 Å². The van der Waals surface area contributed by atoms with Crippen molar-refractivity contribution in [2.45, 2.75) is 13.5 Å². The second-order valence-electron chi connectivity index (χ2n) is 7.03. The zero-order valence-corrected chi connectivity index (χ0v) is 18.6. The Morgan fingerprint density at radius 3 is 2.55 bits per heavy atom. The van der Waals surface area contributed by atoms with Crippen molar-refractivity contribution in [3.05, 3.63) is 51.4 Å². The number of carbonyl (C=O) groups excluding carboxylic acids is 2. The van der Waals surface area contributed by atoms with E-state index in [1.165, 1.54) is 18.0 Å². The third-order valence-corrected chi connectivity index (χ3v) is 5.78. The Morgan fingerprint density at radius 2 is 1.90 bits per heavy atom. The Kier molecular flexibility index (Phi) is 7.03. The molecule has 0 atom stereocenters. The third kappa shape index (κ3) is 5.09. The van der Waals surface area contributed by atoms with Gasteiger partial charge in [-0.3, -0.25) is 14.2 Å². The molecule has 2 aromatic heterocycles. The van der Waals surface area contributed by atoms with Gasteiger partial charge in [0.1, 0.15) is 22.9 Å². The van der Waals surface area contributed by atoms with E-state index in [4.69, 9.17) is 9.47 Å². The SMILES string of the molecule is COCCOC(=O)c1sc2ncn(CC(=O)Nc3ccc(N(C)C)cc3)c(=O)c2c1C. The van der Waals surface area contributed by atoms with Crippen LogP contribution in [0.15, 0.2) is 35.4 Å². The Bertz CT molecular complexity index is 1150. The molecule has 0 spiro atoms. The van der Waals surface area contributed by atoms with E-state index in [1.807, 2.05) is 31.1 Å². The van der Waals surface area contributed by atoms with Gasteiger partial charge < -0.3 is 19.7 Å². The lowest BCUT2D eigenvalue weighted by molar-refractivity contribution is -0.116. The monoisotopic (exact) mass is 444 g/mol. The molecule has 1 N–H and O–H groups in total. The molecule has 0 aliphatic heterocycles. The van der Waals surface area contributed by atoms with Crippen molar-refractivity contribution < 1.29 is 19.1 Å². The van der Waals surface area contributed by atoms with Crippen LogP contribution < -0.4 is 15.8 Å². The predicted octanol–water partition coefficient (Wildman–Crippen LogP) is 2.27. The second kappa shape index (κ2) is 9.71. The summed E-state index contributed by atoms with van der Waals surface area (Å²) in [7, 11) is 5.38. The first-order valence-electron chi connectivity index (χ1n) is 9.53. The minimum Gasteiger partial charge on any atom is -0.459 e. The van der Waals surface area contributed by atoms with Crippen LogP contribution in [-0.2, 0) is 20.8 Å². The Balaban J connectivity index is 1.77. The first kappa shape index (κ1) is 22.4. The van der Waals surface area contributed by atoms with E-state index in [0.717, 1.165) is 17.0 Å². The second-order valence-corrected chi connectivity index (χ2v) is 8.03. The number of aromatic nitrogens is 2. The van der Waals surface area contributed by atoms with Gasteiger partial charge in [-0.05, 0) is 36.8 Å². The third-order valence-electron chi connectivity index (χ3n) is 4.60. The molecule has 31 heavy (non-hydrogen) atoms. The maximum Gasteiger partial charge on any atom is 0.348 e. The summed E-state index contributed by atoms with van der Waals surface area (Å²) in [5, 5.41) is 3.08. The highest BCUT2D eigenvalue weighted by molar-refractivity contribution is 7.20. The average Bonchev–Trinajstić information content (AvgIpc) is 3.08. The molecule has 0 fully saturated rings. The van der Waals surface area contributed by atoms with Gasteiger partial charge in [0.05, 0.1) is 18.3 Å². The van der Waals surface area contributed by atoms with Crippen LogP contribution in [0.1, 0.15) is 15.2 Å². The minimum absolute atomic E-state index is 0.121. The number of nitrogens with one attached hydrogen (secondary N) is 1. The molecule has 0 bridgehead atoms. The highest BCUT2D eigenvalue weighted by Crippen LogP contribution is 2.27. The van der Waals surface area contributed by atoms with Crippen molar-refractivity contribution in [3.63, 3.8) is 0 Å². The van der Waals surface area contributed by atoms with Crippen LogP contribution in [0, 0.1) is 6.92 Å². The first-order chi connectivity index (χ1) is 14.8. The Hall–Kier alpha value is -3.24. The topological polar surface area (TPSA) is 103 Å². The molecular weight excluding hydrogens is 420 g/mol. The summed E-state index contributed by atoms with van der Waals surface area (Å²) < 4.78 is 11.2. The molecule has 2 heterocycles. The van der Waals surface area contributed by atoms with Crippen LogP contribution in [0.4, 0.5) is 11.4 Å². The average molecular weight is 445 g/mol. The van der Waals surface area contributed by atoms with Crippen LogP contribution in [0.2, 0.25) is 0 Å². The summed E-state index contributed by atoms with van der Waals surface area (Å²) in [6.07, 6.45) is 1.31. The molecule has 3 aromatic rings. The highest BCUT2D eigenvalue weighted by Gasteiger charge is 2.21. The summed E-state index contributed by atoms with van der Waals surface area (Å²) in [5.74, 6) is -0.879. The van der Waals surface area contributed by atoms with Crippen molar-refractivity contribution in [2.24, 2.45) is 0 Å². The molecular formula is C21H24N4O5S. The quantitative estimate of drug-likeness (QED) is 0.420. The van der Waals surface area contributed by atoms with Crippen LogP contribution in [-0.4, -0.2) is 55.8 Å². The van der Waals surface area contributed by atoms with E-state index in [-0.39, 0.29) is 31.2 Å². The number of fused-ring (bicyclic) bond motifs is 1. The number of anilines is 2. The molecule has 9 nitrogen and oxygen atoms in total. The van der Waals surface area contributed by atoms with Gasteiger partial charge in [0, 0.05) is 32.6 Å². The highest BCUT2D eigenvalue weighted by atomic mass is 32.1. The number of rotatable bonds is 8. The zero-order chi connectivity index (χ0) is 22.5.